The molecule has 0 bridgehead atoms. The van der Waals surface area contributed by atoms with Gasteiger partial charge in [0, 0.05) is 12.5 Å². The second-order valence-electron chi connectivity index (χ2n) is 3.89. The molecule has 0 aliphatic carbocycles. The minimum Gasteiger partial charge on any atom is -0.275 e. The van der Waals surface area contributed by atoms with Crippen LogP contribution in [0, 0.1) is 6.92 Å². The predicted molar refractivity (Wildman–Crippen MR) is 59.0 cm³/mol. The minimum absolute atomic E-state index is 0.0556. The van der Waals surface area contributed by atoms with E-state index >= 15 is 0 Å². The fourth-order valence-corrected chi connectivity index (χ4v) is 1.36. The lowest BCUT2D eigenvalue weighted by Crippen LogP contribution is -2.42. The van der Waals surface area contributed by atoms with Gasteiger partial charge in [-0.05, 0) is 19.1 Å². The number of hydrogen-bond donors (Lipinski definition) is 0. The summed E-state index contributed by atoms with van der Waals surface area (Å²) < 4.78 is 36.8. The summed E-state index contributed by atoms with van der Waals surface area (Å²) in [6, 6.07) is 5.98. The first-order valence-corrected chi connectivity index (χ1v) is 5.16. The fraction of sp³-hybridized carbons (Fsp3) is 0.333. The molecule has 0 spiro atoms. The van der Waals surface area contributed by atoms with Gasteiger partial charge in [0.15, 0.2) is 0 Å². The van der Waals surface area contributed by atoms with Gasteiger partial charge in [-0.1, -0.05) is 17.7 Å². The number of carbonyl (C=O) groups is 2. The summed E-state index contributed by atoms with van der Waals surface area (Å²) in [5.41, 5.74) is 0.928. The van der Waals surface area contributed by atoms with Gasteiger partial charge < -0.3 is 0 Å². The van der Waals surface area contributed by atoms with Crippen molar-refractivity contribution in [3.8, 4) is 0 Å². The first-order chi connectivity index (χ1) is 8.20. The van der Waals surface area contributed by atoms with Gasteiger partial charge in [-0.3, -0.25) is 14.5 Å². The van der Waals surface area contributed by atoms with Gasteiger partial charge in [0.2, 0.25) is 5.91 Å². The second kappa shape index (κ2) is 5.20. The van der Waals surface area contributed by atoms with Crippen molar-refractivity contribution in [3.05, 3.63) is 35.4 Å². The molecule has 0 radical (unpaired) electrons. The molecule has 0 saturated carbocycles. The molecule has 0 saturated heterocycles. The number of carbonyl (C=O) groups excluding carboxylic acids is 2. The molecule has 0 aromatic heterocycles. The Balaban J connectivity index is 2.96. The highest BCUT2D eigenvalue weighted by atomic mass is 19.4. The molecule has 2 amide bonds. The summed E-state index contributed by atoms with van der Waals surface area (Å²) >= 11 is 0. The monoisotopic (exact) mass is 259 g/mol. The smallest absolute Gasteiger partial charge is 0.275 e. The molecule has 0 aliphatic rings. The molecule has 1 aromatic rings. The second-order valence-corrected chi connectivity index (χ2v) is 3.89. The Morgan fingerprint density at radius 2 is 1.67 bits per heavy atom. The van der Waals surface area contributed by atoms with Gasteiger partial charge >= 0.3 is 6.18 Å². The van der Waals surface area contributed by atoms with E-state index in [0.717, 1.165) is 12.5 Å². The third kappa shape index (κ3) is 3.87. The summed E-state index contributed by atoms with van der Waals surface area (Å²) in [7, 11) is 0. The summed E-state index contributed by atoms with van der Waals surface area (Å²) in [4.78, 5) is 23.1. The number of halogens is 3. The number of aryl methyl sites for hydroxylation is 1. The van der Waals surface area contributed by atoms with Crippen LogP contribution in [0.2, 0.25) is 0 Å². The Labute approximate surface area is 102 Å². The first kappa shape index (κ1) is 14.2. The molecule has 98 valence electrons. The van der Waals surface area contributed by atoms with Crippen LogP contribution in [-0.2, 0) is 4.79 Å². The first-order valence-electron chi connectivity index (χ1n) is 5.16. The van der Waals surface area contributed by atoms with E-state index in [1.807, 2.05) is 0 Å². The van der Waals surface area contributed by atoms with Crippen molar-refractivity contribution >= 4 is 11.8 Å². The van der Waals surface area contributed by atoms with Crippen LogP contribution in [0.1, 0.15) is 22.8 Å². The number of imide groups is 1. The Bertz CT molecular complexity index is 451. The van der Waals surface area contributed by atoms with Crippen molar-refractivity contribution in [3.63, 3.8) is 0 Å². The van der Waals surface area contributed by atoms with E-state index in [2.05, 4.69) is 0 Å². The van der Waals surface area contributed by atoms with Gasteiger partial charge in [0.05, 0.1) is 0 Å². The summed E-state index contributed by atoms with van der Waals surface area (Å²) in [6.07, 6.45) is -4.61. The Kier molecular flexibility index (Phi) is 4.11. The molecule has 1 rings (SSSR count). The molecular weight excluding hydrogens is 247 g/mol. The molecular formula is C12H12F3NO2. The van der Waals surface area contributed by atoms with Crippen LogP contribution in [-0.4, -0.2) is 29.4 Å². The SMILES string of the molecule is CC(=O)N(CC(F)(F)F)C(=O)c1ccc(C)cc1. The average Bonchev–Trinajstić information content (AvgIpc) is 2.24. The van der Waals surface area contributed by atoms with E-state index in [4.69, 9.17) is 0 Å². The molecule has 6 heteroatoms. The number of hydrogen-bond acceptors (Lipinski definition) is 2. The molecule has 0 heterocycles. The van der Waals surface area contributed by atoms with Gasteiger partial charge in [0.25, 0.3) is 5.91 Å². The molecule has 18 heavy (non-hydrogen) atoms. The maximum Gasteiger partial charge on any atom is 0.406 e. The Morgan fingerprint density at radius 1 is 1.17 bits per heavy atom. The number of nitrogens with zero attached hydrogens (tertiary/aromatic N) is 1. The van der Waals surface area contributed by atoms with E-state index in [1.165, 1.54) is 12.1 Å². The summed E-state index contributed by atoms with van der Waals surface area (Å²) in [5.74, 6) is -1.88. The van der Waals surface area contributed by atoms with Crippen LogP contribution in [0.5, 0.6) is 0 Å². The highest BCUT2D eigenvalue weighted by Gasteiger charge is 2.35. The van der Waals surface area contributed by atoms with Crippen LogP contribution in [0.4, 0.5) is 13.2 Å². The standard InChI is InChI=1S/C12H12F3NO2/c1-8-3-5-10(6-4-8)11(18)16(9(2)17)7-12(13,14)15/h3-6H,7H2,1-2H3. The summed E-state index contributed by atoms with van der Waals surface area (Å²) in [5, 5.41) is 0. The van der Waals surface area contributed by atoms with Crippen LogP contribution in [0.15, 0.2) is 24.3 Å². The highest BCUT2D eigenvalue weighted by molar-refractivity contribution is 6.04. The van der Waals surface area contributed by atoms with Crippen molar-refractivity contribution < 1.29 is 22.8 Å². The third-order valence-corrected chi connectivity index (χ3v) is 2.26. The minimum atomic E-state index is -4.61. The van der Waals surface area contributed by atoms with Gasteiger partial charge in [-0.2, -0.15) is 13.2 Å². The molecule has 0 aliphatic heterocycles. The maximum atomic E-state index is 12.3. The van der Waals surface area contributed by atoms with Crippen molar-refractivity contribution in [2.24, 2.45) is 0 Å². The largest absolute Gasteiger partial charge is 0.406 e. The number of rotatable bonds is 2. The molecule has 3 nitrogen and oxygen atoms in total. The molecule has 0 N–H and O–H groups in total. The van der Waals surface area contributed by atoms with Crippen molar-refractivity contribution in [1.82, 2.24) is 4.90 Å². The lowest BCUT2D eigenvalue weighted by atomic mass is 10.1. The van der Waals surface area contributed by atoms with Crippen LogP contribution in [0.25, 0.3) is 0 Å². The lowest BCUT2D eigenvalue weighted by molar-refractivity contribution is -0.154. The highest BCUT2D eigenvalue weighted by Crippen LogP contribution is 2.18. The van der Waals surface area contributed by atoms with E-state index in [0.29, 0.717) is 0 Å². The van der Waals surface area contributed by atoms with Gasteiger partial charge in [-0.25, -0.2) is 0 Å². The number of alkyl halides is 3. The van der Waals surface area contributed by atoms with Crippen LogP contribution < -0.4 is 0 Å². The van der Waals surface area contributed by atoms with Crippen molar-refractivity contribution in [2.45, 2.75) is 20.0 Å². The normalized spacial score (nSPS) is 11.2. The van der Waals surface area contributed by atoms with E-state index in [1.54, 1.807) is 19.1 Å². The Hall–Kier alpha value is -1.85. The average molecular weight is 259 g/mol. The zero-order valence-corrected chi connectivity index (χ0v) is 9.91. The predicted octanol–water partition coefficient (Wildman–Crippen LogP) is 2.55. The lowest BCUT2D eigenvalue weighted by Gasteiger charge is -2.20. The summed E-state index contributed by atoms with van der Waals surface area (Å²) in [6.45, 7) is 1.14. The van der Waals surface area contributed by atoms with E-state index in [-0.39, 0.29) is 10.5 Å². The van der Waals surface area contributed by atoms with E-state index < -0.39 is 24.5 Å². The van der Waals surface area contributed by atoms with E-state index in [9.17, 15) is 22.8 Å². The topological polar surface area (TPSA) is 37.4 Å². The number of amides is 2. The third-order valence-electron chi connectivity index (χ3n) is 2.26. The van der Waals surface area contributed by atoms with Gasteiger partial charge in [0.1, 0.15) is 6.54 Å². The van der Waals surface area contributed by atoms with Crippen molar-refractivity contribution in [1.29, 1.82) is 0 Å². The molecule has 0 fully saturated rings. The zero-order chi connectivity index (χ0) is 13.9. The van der Waals surface area contributed by atoms with Crippen LogP contribution in [0.3, 0.4) is 0 Å². The van der Waals surface area contributed by atoms with Crippen molar-refractivity contribution in [2.75, 3.05) is 6.54 Å². The molecule has 1 aromatic carbocycles. The maximum absolute atomic E-state index is 12.3. The Morgan fingerprint density at radius 3 is 2.06 bits per heavy atom. The quantitative estimate of drug-likeness (QED) is 0.818. The zero-order valence-electron chi connectivity index (χ0n) is 9.91. The number of benzene rings is 1. The van der Waals surface area contributed by atoms with Gasteiger partial charge in [-0.15, -0.1) is 0 Å². The molecule has 0 atom stereocenters. The van der Waals surface area contributed by atoms with Crippen LogP contribution >= 0.6 is 0 Å². The molecule has 0 unspecified atom stereocenters. The fourth-order valence-electron chi connectivity index (χ4n) is 1.36.